The second-order valence-corrected chi connectivity index (χ2v) is 23.6. The Labute approximate surface area is 587 Å². The highest BCUT2D eigenvalue weighted by molar-refractivity contribution is 5.24. The molecule has 12 aromatic heterocycles. The van der Waals surface area contributed by atoms with Crippen LogP contribution in [0, 0.1) is 173 Å². The molecule has 0 amide bonds. The van der Waals surface area contributed by atoms with Crippen molar-refractivity contribution in [2.45, 2.75) is 173 Å². The Hall–Kier alpha value is -10.6. The maximum Gasteiger partial charge on any atom is 0.222 e. The van der Waals surface area contributed by atoms with E-state index in [0.717, 1.165) is 84.6 Å². The molecule has 0 aromatic carbocycles. The largest absolute Gasteiger partial charge is 0.285 e. The lowest BCUT2D eigenvalue weighted by Crippen LogP contribution is -2.27. The van der Waals surface area contributed by atoms with Crippen molar-refractivity contribution >= 4 is 0 Å². The lowest BCUT2D eigenvalue weighted by Gasteiger charge is -1.97. The first kappa shape index (κ1) is 85.4. The van der Waals surface area contributed by atoms with Gasteiger partial charge in [-0.05, 0) is 318 Å². The molecular weight excluding hydrogens is 1210 g/mol. The number of rotatable bonds is 0. The van der Waals surface area contributed by atoms with E-state index >= 15 is 0 Å². The molecule has 0 saturated heterocycles. The Morgan fingerprint density at radius 3 is 1.10 bits per heavy atom. The van der Waals surface area contributed by atoms with Crippen LogP contribution in [0.2, 0.25) is 0 Å². The van der Waals surface area contributed by atoms with Crippen LogP contribution in [0.3, 0.4) is 0 Å². The van der Waals surface area contributed by atoms with Crippen LogP contribution in [-0.4, -0.2) is 75.0 Å². The Morgan fingerprint density at radius 1 is 0.235 bits per heavy atom. The summed E-state index contributed by atoms with van der Waals surface area (Å²) in [5, 5.41) is 8.67. The molecule has 0 radical (unpaired) electrons. The first-order chi connectivity index (χ1) is 46.3. The summed E-state index contributed by atoms with van der Waals surface area (Å²) in [6.07, 6.45) is 26.8. The fraction of sp³-hybridized carbons (Fsp3) is 0.305. The molecule has 12 heterocycles. The zero-order valence-electron chi connectivity index (χ0n) is 63.1. The SMILES string of the molecule is Cc1cc(C)c(C)cn1.Cc1cc(C)nc(C)c1.Cc1cc[n+](O)cc1.Cc1ccc(C)c(C)n1.Cc1ccc(C)nc1.Cc1ccnc(C)c1.Cc1ccnc(C)n1.Cc1ccncc1.Cc1ccncc1C.Cc1cnc(C)c(C)c1.Cc1cnc(C)nc1.Cc1ncccn1. The zero-order chi connectivity index (χ0) is 73.5. The zero-order valence-corrected chi connectivity index (χ0v) is 63.1. The number of nitrogens with zero attached hydrogens (tertiary/aromatic N) is 15. The minimum atomic E-state index is 0.822. The maximum absolute atomic E-state index is 8.67. The van der Waals surface area contributed by atoms with Crippen molar-refractivity contribution in [2.24, 2.45) is 0 Å². The summed E-state index contributed by atoms with van der Waals surface area (Å²) in [5.41, 5.74) is 26.1. The van der Waals surface area contributed by atoms with Gasteiger partial charge in [0.25, 0.3) is 0 Å². The van der Waals surface area contributed by atoms with Crippen molar-refractivity contribution in [2.75, 3.05) is 0 Å². The fourth-order valence-electron chi connectivity index (χ4n) is 7.44. The van der Waals surface area contributed by atoms with Gasteiger partial charge >= 0.3 is 0 Å². The molecule has 516 valence electrons. The molecule has 0 atom stereocenters. The summed E-state index contributed by atoms with van der Waals surface area (Å²) in [5.74, 6) is 2.49. The summed E-state index contributed by atoms with van der Waals surface area (Å²) >= 11 is 0. The molecule has 12 aromatic rings. The van der Waals surface area contributed by atoms with E-state index in [2.05, 4.69) is 175 Å². The summed E-state index contributed by atoms with van der Waals surface area (Å²) in [6.45, 7) is 50.3. The smallest absolute Gasteiger partial charge is 0.222 e. The predicted octanol–water partition coefficient (Wildman–Crippen LogP) is 18.0. The topological polar surface area (TPSA) is 205 Å². The summed E-state index contributed by atoms with van der Waals surface area (Å²) in [4.78, 5) is 56.4. The van der Waals surface area contributed by atoms with Crippen molar-refractivity contribution in [1.82, 2.24) is 69.8 Å². The van der Waals surface area contributed by atoms with Crippen molar-refractivity contribution in [1.29, 1.82) is 0 Å². The predicted molar refractivity (Wildman–Crippen MR) is 402 cm³/mol. The number of hydrogen-bond acceptors (Lipinski definition) is 15. The van der Waals surface area contributed by atoms with Crippen LogP contribution in [-0.2, 0) is 0 Å². The molecule has 0 unspecified atom stereocenters. The fourth-order valence-corrected chi connectivity index (χ4v) is 7.44. The van der Waals surface area contributed by atoms with E-state index in [1.54, 1.807) is 49.4 Å². The van der Waals surface area contributed by atoms with Gasteiger partial charge < -0.3 is 0 Å². The van der Waals surface area contributed by atoms with Gasteiger partial charge in [0.05, 0.1) is 0 Å². The normalized spacial score (nSPS) is 9.32. The highest BCUT2D eigenvalue weighted by Crippen LogP contribution is 2.07. The number of aromatic nitrogens is 15. The van der Waals surface area contributed by atoms with Gasteiger partial charge in [0.2, 0.25) is 12.4 Å². The van der Waals surface area contributed by atoms with Crippen LogP contribution in [0.1, 0.15) is 141 Å². The second kappa shape index (κ2) is 49.0. The van der Waals surface area contributed by atoms with Crippen LogP contribution in [0.25, 0.3) is 0 Å². The van der Waals surface area contributed by atoms with Gasteiger partial charge in [-0.25, -0.2) is 29.9 Å². The van der Waals surface area contributed by atoms with Crippen molar-refractivity contribution in [3.05, 3.63) is 337 Å². The molecule has 0 saturated carbocycles. The number of aryl methyl sites for hydroxylation is 25. The van der Waals surface area contributed by atoms with E-state index in [4.69, 9.17) is 5.21 Å². The van der Waals surface area contributed by atoms with E-state index in [1.165, 1.54) is 61.2 Å². The van der Waals surface area contributed by atoms with Gasteiger partial charge in [-0.1, -0.05) is 18.2 Å². The lowest BCUT2D eigenvalue weighted by atomic mass is 10.2. The van der Waals surface area contributed by atoms with Crippen molar-refractivity contribution in [3.8, 4) is 0 Å². The summed E-state index contributed by atoms with van der Waals surface area (Å²) in [7, 11) is 0. The van der Waals surface area contributed by atoms with Gasteiger partial charge in [0, 0.05) is 149 Å². The van der Waals surface area contributed by atoms with Crippen molar-refractivity contribution in [3.63, 3.8) is 0 Å². The molecule has 16 nitrogen and oxygen atoms in total. The average Bonchev–Trinajstić information content (AvgIpc) is 1.39. The molecule has 0 bridgehead atoms. The van der Waals surface area contributed by atoms with Crippen LogP contribution in [0.15, 0.2) is 196 Å². The van der Waals surface area contributed by atoms with Crippen LogP contribution >= 0.6 is 0 Å². The Kier molecular flexibility index (Phi) is 42.7. The molecule has 0 aliphatic carbocycles. The Morgan fingerprint density at radius 2 is 0.724 bits per heavy atom. The van der Waals surface area contributed by atoms with Crippen LogP contribution in [0.5, 0.6) is 0 Å². The van der Waals surface area contributed by atoms with Gasteiger partial charge in [0.1, 0.15) is 17.5 Å². The third kappa shape index (κ3) is 44.1. The Balaban J connectivity index is 0.000000535. The van der Waals surface area contributed by atoms with E-state index in [9.17, 15) is 0 Å². The summed E-state index contributed by atoms with van der Waals surface area (Å²) < 4.78 is 1.02. The van der Waals surface area contributed by atoms with Crippen molar-refractivity contribution < 1.29 is 9.94 Å². The van der Waals surface area contributed by atoms with E-state index in [1.807, 2.05) is 215 Å². The first-order valence-electron chi connectivity index (χ1n) is 32.4. The molecule has 1 N–H and O–H groups in total. The third-order valence-corrected chi connectivity index (χ3v) is 13.5. The summed E-state index contributed by atoms with van der Waals surface area (Å²) in [6, 6.07) is 33.9. The molecule has 0 spiro atoms. The lowest BCUT2D eigenvalue weighted by molar-refractivity contribution is -0.904. The molecule has 0 aliphatic heterocycles. The first-order valence-corrected chi connectivity index (χ1v) is 32.4. The molecule has 12 rings (SSSR count). The van der Waals surface area contributed by atoms with E-state index in [0.29, 0.717) is 0 Å². The molecule has 0 aliphatic rings. The minimum absolute atomic E-state index is 0.822. The Bertz CT molecular complexity index is 3620. The van der Waals surface area contributed by atoms with E-state index in [-0.39, 0.29) is 0 Å². The molecule has 0 fully saturated rings. The monoisotopic (exact) mass is 1320 g/mol. The highest BCUT2D eigenvalue weighted by Gasteiger charge is 1.95. The number of pyridine rings is 9. The molecule has 16 heteroatoms. The second-order valence-electron chi connectivity index (χ2n) is 23.6. The molecule has 98 heavy (non-hydrogen) atoms. The minimum Gasteiger partial charge on any atom is -0.285 e. The highest BCUT2D eigenvalue weighted by atomic mass is 16.5. The number of hydrogen-bond donors (Lipinski definition) is 1. The maximum atomic E-state index is 8.67. The van der Waals surface area contributed by atoms with Gasteiger partial charge in [-0.15, -0.1) is 0 Å². The molecular formula is C82H108N15O+. The van der Waals surface area contributed by atoms with Gasteiger partial charge in [0.15, 0.2) is 0 Å². The van der Waals surface area contributed by atoms with Crippen LogP contribution in [0.4, 0.5) is 0 Å². The standard InChI is InChI=1S/4C8H11N.3C7H9N.2C6H8N2.C6H8NO.C6H7N.C5H6N2/c1-6-4-8(3)9-5-7(6)2;1-6-4-7(2)8(3)9-5-6;1-6-4-7(2)9-8(3)5-6;1-6-4-5-7(2)9-8(6)3;1-6-3-4-8-5-7(6)2;1-6-3-4-8-7(2)5-6;1-6-3-4-7(2)8-5-6;1-5-3-7-6(2)8-4-5;1-5-3-4-7-6(2)8-5;1-6-2-4-7(8)5-3-6;1-6-2-4-7-5-3-6;1-5-6-3-2-4-7-5/h4*4-5H,1-3H3;3*3-5H,1-2H3;2*3-4H,1-2H3;2-5,8H,1H3;2-5H,1H3;2-4H,1H3/q;;;;;;;;;+1;;. The van der Waals surface area contributed by atoms with Gasteiger partial charge in [-0.3, -0.25) is 45.1 Å². The van der Waals surface area contributed by atoms with E-state index < -0.39 is 0 Å². The van der Waals surface area contributed by atoms with Crippen LogP contribution < -0.4 is 4.73 Å². The third-order valence-electron chi connectivity index (χ3n) is 13.5. The van der Waals surface area contributed by atoms with Gasteiger partial charge in [-0.2, -0.15) is 0 Å². The quantitative estimate of drug-likeness (QED) is 0.111. The average molecular weight is 1320 g/mol.